The number of fused-ring (bicyclic) bond motifs is 1. The second kappa shape index (κ2) is 3.83. The van der Waals surface area contributed by atoms with Crippen molar-refractivity contribution in [1.29, 1.82) is 0 Å². The summed E-state index contributed by atoms with van der Waals surface area (Å²) in [6, 6.07) is 3.60. The molecule has 3 nitrogen and oxygen atoms in total. The number of benzene rings is 1. The molecule has 0 aliphatic carbocycles. The number of thiophene rings is 1. The normalized spacial score (nSPS) is 10.5. The lowest BCUT2D eigenvalue weighted by Gasteiger charge is -2.02. The summed E-state index contributed by atoms with van der Waals surface area (Å²) in [5.74, 6) is -0.195. The summed E-state index contributed by atoms with van der Waals surface area (Å²) in [4.78, 5) is 10.9. The van der Waals surface area contributed by atoms with Gasteiger partial charge in [0.2, 0.25) is 0 Å². The summed E-state index contributed by atoms with van der Waals surface area (Å²) in [5, 5.41) is 11.3. The molecule has 0 spiro atoms. The minimum atomic E-state index is -0.904. The second-order valence-electron chi connectivity index (χ2n) is 2.94. The molecule has 5 heteroatoms. The van der Waals surface area contributed by atoms with Crippen molar-refractivity contribution in [3.05, 3.63) is 27.5 Å². The van der Waals surface area contributed by atoms with Crippen LogP contribution in [0.15, 0.2) is 22.0 Å². The summed E-state index contributed by atoms with van der Waals surface area (Å²) in [6.45, 7) is 0. The molecule has 0 radical (unpaired) electrons. The topological polar surface area (TPSA) is 46.5 Å². The van der Waals surface area contributed by atoms with Crippen LogP contribution in [0.5, 0.6) is 5.75 Å². The van der Waals surface area contributed by atoms with E-state index in [0.29, 0.717) is 11.3 Å². The van der Waals surface area contributed by atoms with Gasteiger partial charge in [0.25, 0.3) is 0 Å². The molecule has 0 aliphatic rings. The molecule has 0 amide bonds. The number of carboxylic acids is 1. The molecule has 2 aromatic rings. The van der Waals surface area contributed by atoms with Gasteiger partial charge < -0.3 is 9.84 Å². The molecule has 0 saturated carbocycles. The van der Waals surface area contributed by atoms with E-state index in [2.05, 4.69) is 15.9 Å². The molecule has 1 heterocycles. The Morgan fingerprint density at radius 2 is 2.27 bits per heavy atom. The molecular weight excluding hydrogens is 280 g/mol. The number of hydrogen-bond acceptors (Lipinski definition) is 3. The second-order valence-corrected chi connectivity index (χ2v) is 4.70. The minimum Gasteiger partial charge on any atom is -0.496 e. The van der Waals surface area contributed by atoms with Gasteiger partial charge in [-0.2, -0.15) is 0 Å². The predicted octanol–water partition coefficient (Wildman–Crippen LogP) is 3.37. The lowest BCUT2D eigenvalue weighted by molar-refractivity contribution is 0.0699. The maximum absolute atomic E-state index is 10.9. The van der Waals surface area contributed by atoms with Crippen molar-refractivity contribution in [1.82, 2.24) is 0 Å². The van der Waals surface area contributed by atoms with Crippen molar-refractivity contribution in [2.45, 2.75) is 0 Å². The number of hydrogen-bond donors (Lipinski definition) is 1. The number of halogens is 1. The number of methoxy groups -OCH3 is 1. The van der Waals surface area contributed by atoms with Gasteiger partial charge in [-0.05, 0) is 28.1 Å². The van der Waals surface area contributed by atoms with Gasteiger partial charge in [-0.25, -0.2) is 4.79 Å². The fourth-order valence-electron chi connectivity index (χ4n) is 1.35. The van der Waals surface area contributed by atoms with E-state index in [1.165, 1.54) is 11.3 Å². The van der Waals surface area contributed by atoms with Crippen molar-refractivity contribution in [2.24, 2.45) is 0 Å². The molecule has 15 heavy (non-hydrogen) atoms. The largest absolute Gasteiger partial charge is 0.496 e. The Bertz CT molecular complexity index is 533. The Morgan fingerprint density at radius 3 is 2.87 bits per heavy atom. The highest BCUT2D eigenvalue weighted by atomic mass is 79.9. The quantitative estimate of drug-likeness (QED) is 0.921. The summed E-state index contributed by atoms with van der Waals surface area (Å²) >= 11 is 4.73. The maximum atomic E-state index is 10.9. The summed E-state index contributed by atoms with van der Waals surface area (Å²) in [7, 11) is 1.58. The Labute approximate surface area is 98.4 Å². The van der Waals surface area contributed by atoms with Gasteiger partial charge in [0, 0.05) is 15.5 Å². The number of ether oxygens (including phenoxy) is 1. The molecule has 0 saturated heterocycles. The van der Waals surface area contributed by atoms with E-state index in [0.717, 1.165) is 14.6 Å². The van der Waals surface area contributed by atoms with Crippen molar-refractivity contribution in [3.8, 4) is 5.75 Å². The number of rotatable bonds is 2. The molecule has 78 valence electrons. The van der Waals surface area contributed by atoms with Crippen molar-refractivity contribution in [3.63, 3.8) is 0 Å². The van der Waals surface area contributed by atoms with Gasteiger partial charge in [-0.15, -0.1) is 11.3 Å². The zero-order chi connectivity index (χ0) is 11.0. The molecule has 0 unspecified atom stereocenters. The van der Waals surface area contributed by atoms with Crippen LogP contribution in [0.3, 0.4) is 0 Å². The lowest BCUT2D eigenvalue weighted by atomic mass is 10.2. The van der Waals surface area contributed by atoms with Crippen LogP contribution in [-0.2, 0) is 0 Å². The van der Waals surface area contributed by atoms with Crippen molar-refractivity contribution < 1.29 is 14.6 Å². The Hall–Kier alpha value is -1.07. The van der Waals surface area contributed by atoms with E-state index in [1.54, 1.807) is 18.6 Å². The first-order chi connectivity index (χ1) is 7.13. The molecule has 0 aliphatic heterocycles. The number of carbonyl (C=O) groups is 1. The molecule has 0 atom stereocenters. The first-order valence-electron chi connectivity index (χ1n) is 4.11. The summed E-state index contributed by atoms with van der Waals surface area (Å²) in [6.07, 6.45) is 0. The van der Waals surface area contributed by atoms with Gasteiger partial charge in [0.1, 0.15) is 5.75 Å². The van der Waals surface area contributed by atoms with Gasteiger partial charge in [-0.1, -0.05) is 0 Å². The van der Waals surface area contributed by atoms with Crippen LogP contribution in [0, 0.1) is 0 Å². The standard InChI is InChI=1S/C10H7BrO3S/c1-14-8-3-9-5(2-7(8)11)6(4-15-9)10(12)13/h2-4H,1H3,(H,12,13). The number of aromatic carboxylic acids is 1. The smallest absolute Gasteiger partial charge is 0.337 e. The van der Waals surface area contributed by atoms with E-state index in [9.17, 15) is 4.79 Å². The highest BCUT2D eigenvalue weighted by Gasteiger charge is 2.13. The van der Waals surface area contributed by atoms with Crippen LogP contribution in [0.25, 0.3) is 10.1 Å². The van der Waals surface area contributed by atoms with Gasteiger partial charge in [-0.3, -0.25) is 0 Å². The Morgan fingerprint density at radius 1 is 1.53 bits per heavy atom. The SMILES string of the molecule is COc1cc2scc(C(=O)O)c2cc1Br. The molecule has 1 N–H and O–H groups in total. The highest BCUT2D eigenvalue weighted by Crippen LogP contribution is 2.35. The summed E-state index contributed by atoms with van der Waals surface area (Å²) in [5.41, 5.74) is 0.332. The van der Waals surface area contributed by atoms with Crippen LogP contribution in [0.4, 0.5) is 0 Å². The zero-order valence-electron chi connectivity index (χ0n) is 7.78. The first kappa shape index (κ1) is 10.4. The fraction of sp³-hybridized carbons (Fsp3) is 0.100. The Balaban J connectivity index is 2.73. The fourth-order valence-corrected chi connectivity index (χ4v) is 2.80. The molecular formula is C10H7BrO3S. The van der Waals surface area contributed by atoms with E-state index in [-0.39, 0.29) is 0 Å². The third-order valence-electron chi connectivity index (χ3n) is 2.08. The van der Waals surface area contributed by atoms with Crippen molar-refractivity contribution >= 4 is 43.3 Å². The van der Waals surface area contributed by atoms with Gasteiger partial charge in [0.15, 0.2) is 0 Å². The maximum Gasteiger partial charge on any atom is 0.337 e. The zero-order valence-corrected chi connectivity index (χ0v) is 10.2. The lowest BCUT2D eigenvalue weighted by Crippen LogP contribution is -1.93. The predicted molar refractivity (Wildman–Crippen MR) is 63.0 cm³/mol. The van der Waals surface area contributed by atoms with E-state index >= 15 is 0 Å². The minimum absolute atomic E-state index is 0.332. The molecule has 0 bridgehead atoms. The third kappa shape index (κ3) is 1.72. The summed E-state index contributed by atoms with van der Waals surface area (Å²) < 4.78 is 6.81. The molecule has 2 rings (SSSR count). The van der Waals surface area contributed by atoms with Crippen LogP contribution in [-0.4, -0.2) is 18.2 Å². The van der Waals surface area contributed by atoms with Crippen LogP contribution >= 0.6 is 27.3 Å². The Kier molecular flexibility index (Phi) is 2.67. The average molecular weight is 287 g/mol. The van der Waals surface area contributed by atoms with Gasteiger partial charge >= 0.3 is 5.97 Å². The van der Waals surface area contributed by atoms with Crippen LogP contribution in [0.1, 0.15) is 10.4 Å². The number of carboxylic acid groups (broad SMARTS) is 1. The van der Waals surface area contributed by atoms with E-state index < -0.39 is 5.97 Å². The average Bonchev–Trinajstić information content (AvgIpc) is 2.59. The van der Waals surface area contributed by atoms with Crippen LogP contribution < -0.4 is 4.74 Å². The molecule has 1 aromatic carbocycles. The first-order valence-corrected chi connectivity index (χ1v) is 5.78. The monoisotopic (exact) mass is 286 g/mol. The van der Waals surface area contributed by atoms with Gasteiger partial charge in [0.05, 0.1) is 17.1 Å². The van der Waals surface area contributed by atoms with E-state index in [4.69, 9.17) is 9.84 Å². The molecule has 0 fully saturated rings. The third-order valence-corrected chi connectivity index (χ3v) is 3.64. The van der Waals surface area contributed by atoms with E-state index in [1.807, 2.05) is 6.07 Å². The molecule has 1 aromatic heterocycles. The van der Waals surface area contributed by atoms with Crippen LogP contribution in [0.2, 0.25) is 0 Å². The van der Waals surface area contributed by atoms with Crippen molar-refractivity contribution in [2.75, 3.05) is 7.11 Å². The highest BCUT2D eigenvalue weighted by molar-refractivity contribution is 9.10.